The molecule has 0 saturated carbocycles. The van der Waals surface area contributed by atoms with Crippen molar-refractivity contribution in [1.82, 2.24) is 9.55 Å². The molecule has 0 atom stereocenters. The van der Waals surface area contributed by atoms with Gasteiger partial charge in [-0.15, -0.1) is 0 Å². The van der Waals surface area contributed by atoms with Gasteiger partial charge in [0.05, 0.1) is 23.0 Å². The number of esters is 1. The molecule has 1 amide bonds. The van der Waals surface area contributed by atoms with E-state index in [1.807, 2.05) is 31.2 Å². The first-order chi connectivity index (χ1) is 13.0. The van der Waals surface area contributed by atoms with E-state index in [4.69, 9.17) is 10.5 Å². The van der Waals surface area contributed by atoms with Crippen molar-refractivity contribution in [3.63, 3.8) is 0 Å². The minimum atomic E-state index is -0.719. The average molecular weight is 365 g/mol. The Kier molecular flexibility index (Phi) is 5.30. The van der Waals surface area contributed by atoms with Crippen molar-refractivity contribution in [1.29, 1.82) is 0 Å². The van der Waals surface area contributed by atoms with Crippen LogP contribution in [-0.2, 0) is 20.7 Å². The summed E-state index contributed by atoms with van der Waals surface area (Å²) < 4.78 is 6.28. The molecule has 0 aliphatic rings. The molecule has 2 N–H and O–H groups in total. The molecule has 138 valence electrons. The molecule has 1 heterocycles. The van der Waals surface area contributed by atoms with Gasteiger partial charge in [0.25, 0.3) is 11.5 Å². The van der Waals surface area contributed by atoms with Gasteiger partial charge < -0.3 is 10.5 Å². The maximum absolute atomic E-state index is 13.0. The van der Waals surface area contributed by atoms with E-state index in [1.165, 1.54) is 4.57 Å². The highest BCUT2D eigenvalue weighted by Crippen LogP contribution is 2.15. The third-order valence-corrected chi connectivity index (χ3v) is 4.07. The van der Waals surface area contributed by atoms with Crippen LogP contribution in [0.2, 0.25) is 0 Å². The first kappa shape index (κ1) is 18.3. The number of rotatable bonds is 6. The van der Waals surface area contributed by atoms with E-state index < -0.39 is 18.5 Å². The lowest BCUT2D eigenvalue weighted by molar-refractivity contribution is -0.147. The van der Waals surface area contributed by atoms with Gasteiger partial charge in [-0.3, -0.25) is 19.0 Å². The highest BCUT2D eigenvalue weighted by atomic mass is 16.5. The third-order valence-electron chi connectivity index (χ3n) is 4.07. The van der Waals surface area contributed by atoms with Gasteiger partial charge in [-0.25, -0.2) is 4.98 Å². The number of aryl methyl sites for hydroxylation is 2. The van der Waals surface area contributed by atoms with Crippen molar-refractivity contribution in [2.45, 2.75) is 19.8 Å². The van der Waals surface area contributed by atoms with Crippen LogP contribution in [0.4, 0.5) is 0 Å². The highest BCUT2D eigenvalue weighted by molar-refractivity contribution is 5.79. The summed E-state index contributed by atoms with van der Waals surface area (Å²) in [5.41, 5.74) is 7.06. The Labute approximate surface area is 155 Å². The molecule has 7 heteroatoms. The molecule has 0 radical (unpaired) electrons. The lowest BCUT2D eigenvalue weighted by atomic mass is 10.2. The maximum atomic E-state index is 13.0. The van der Waals surface area contributed by atoms with Crippen molar-refractivity contribution in [2.24, 2.45) is 5.73 Å². The fourth-order valence-electron chi connectivity index (χ4n) is 2.74. The summed E-state index contributed by atoms with van der Waals surface area (Å²) in [5, 5.41) is 0.498. The predicted molar refractivity (Wildman–Crippen MR) is 101 cm³/mol. The van der Waals surface area contributed by atoms with Crippen LogP contribution < -0.4 is 11.3 Å². The van der Waals surface area contributed by atoms with Gasteiger partial charge in [-0.1, -0.05) is 29.8 Å². The Hall–Kier alpha value is -3.48. The number of fused-ring (bicyclic) bond motifs is 1. The zero-order valence-corrected chi connectivity index (χ0v) is 14.8. The molecular formula is C20H19N3O4. The smallest absolute Gasteiger partial charge is 0.306 e. The molecule has 7 nitrogen and oxygen atoms in total. The average Bonchev–Trinajstić information content (AvgIpc) is 2.66. The molecule has 27 heavy (non-hydrogen) atoms. The SMILES string of the molecule is Cc1ccc(-n2c(CCC(=O)OCC(N)=O)nc3ccccc3c2=O)cc1. The van der Waals surface area contributed by atoms with Crippen molar-refractivity contribution in [2.75, 3.05) is 6.61 Å². The van der Waals surface area contributed by atoms with Crippen molar-refractivity contribution < 1.29 is 14.3 Å². The molecule has 0 aliphatic heterocycles. The number of benzene rings is 2. The summed E-state index contributed by atoms with van der Waals surface area (Å²) >= 11 is 0. The minimum Gasteiger partial charge on any atom is -0.456 e. The van der Waals surface area contributed by atoms with E-state index in [9.17, 15) is 14.4 Å². The van der Waals surface area contributed by atoms with E-state index in [1.54, 1.807) is 24.3 Å². The number of carbonyl (C=O) groups excluding carboxylic acids is 2. The molecule has 0 aliphatic carbocycles. The lowest BCUT2D eigenvalue weighted by Crippen LogP contribution is -2.25. The largest absolute Gasteiger partial charge is 0.456 e. The Morgan fingerprint density at radius 3 is 2.52 bits per heavy atom. The molecule has 1 aromatic heterocycles. The number of nitrogens with zero attached hydrogens (tertiary/aromatic N) is 2. The van der Waals surface area contributed by atoms with Crippen LogP contribution in [-0.4, -0.2) is 28.0 Å². The maximum Gasteiger partial charge on any atom is 0.306 e. The van der Waals surface area contributed by atoms with Crippen molar-refractivity contribution >= 4 is 22.8 Å². The Morgan fingerprint density at radius 2 is 1.81 bits per heavy atom. The van der Waals surface area contributed by atoms with Gasteiger partial charge in [0, 0.05) is 6.42 Å². The van der Waals surface area contributed by atoms with Gasteiger partial charge in [0.15, 0.2) is 6.61 Å². The second-order valence-electron chi connectivity index (χ2n) is 6.15. The summed E-state index contributed by atoms with van der Waals surface area (Å²) in [6, 6.07) is 14.5. The summed E-state index contributed by atoms with van der Waals surface area (Å²) in [5.74, 6) is -0.853. The minimum absolute atomic E-state index is 0.0239. The van der Waals surface area contributed by atoms with Gasteiger partial charge >= 0.3 is 5.97 Å². The standard InChI is InChI=1S/C20H19N3O4/c1-13-6-8-14(9-7-13)23-18(10-11-19(25)27-12-17(21)24)22-16-5-3-2-4-15(16)20(23)26/h2-9H,10-12H2,1H3,(H2,21,24). The molecule has 3 rings (SSSR count). The number of amides is 1. The van der Waals surface area contributed by atoms with E-state index >= 15 is 0 Å². The van der Waals surface area contributed by atoms with Gasteiger partial charge in [-0.05, 0) is 31.2 Å². The monoisotopic (exact) mass is 365 g/mol. The number of nitrogens with two attached hydrogens (primary N) is 1. The van der Waals surface area contributed by atoms with Crippen LogP contribution in [0.15, 0.2) is 53.3 Å². The molecule has 2 aromatic carbocycles. The van der Waals surface area contributed by atoms with E-state index in [0.29, 0.717) is 22.4 Å². The number of primary amides is 1. The first-order valence-corrected chi connectivity index (χ1v) is 8.47. The van der Waals surface area contributed by atoms with E-state index in [2.05, 4.69) is 4.98 Å². The first-order valence-electron chi connectivity index (χ1n) is 8.47. The number of ether oxygens (including phenoxy) is 1. The van der Waals surface area contributed by atoms with Gasteiger partial charge in [0.1, 0.15) is 5.82 Å². The molecular weight excluding hydrogens is 346 g/mol. The summed E-state index contributed by atoms with van der Waals surface area (Å²) in [6.07, 6.45) is 0.162. The topological polar surface area (TPSA) is 104 Å². The van der Waals surface area contributed by atoms with E-state index in [0.717, 1.165) is 5.56 Å². The molecule has 0 bridgehead atoms. The van der Waals surface area contributed by atoms with Crippen LogP contribution >= 0.6 is 0 Å². The van der Waals surface area contributed by atoms with Gasteiger partial charge in [0.2, 0.25) is 0 Å². The second-order valence-corrected chi connectivity index (χ2v) is 6.15. The molecule has 0 unspecified atom stereocenters. The van der Waals surface area contributed by atoms with Crippen LogP contribution in [0, 0.1) is 6.92 Å². The molecule has 3 aromatic rings. The fraction of sp³-hybridized carbons (Fsp3) is 0.200. The number of carbonyl (C=O) groups is 2. The second kappa shape index (κ2) is 7.82. The van der Waals surface area contributed by atoms with Crippen LogP contribution in [0.1, 0.15) is 17.8 Å². The Bertz CT molecular complexity index is 1060. The number of para-hydroxylation sites is 1. The number of hydrogen-bond donors (Lipinski definition) is 1. The van der Waals surface area contributed by atoms with Crippen molar-refractivity contribution in [3.05, 3.63) is 70.3 Å². The summed E-state index contributed by atoms with van der Waals surface area (Å²) in [7, 11) is 0. The fourth-order valence-corrected chi connectivity index (χ4v) is 2.74. The quantitative estimate of drug-likeness (QED) is 0.669. The normalized spacial score (nSPS) is 10.7. The zero-order chi connectivity index (χ0) is 19.4. The number of aromatic nitrogens is 2. The van der Waals surface area contributed by atoms with E-state index in [-0.39, 0.29) is 18.4 Å². The Morgan fingerprint density at radius 1 is 1.11 bits per heavy atom. The van der Waals surface area contributed by atoms with Gasteiger partial charge in [-0.2, -0.15) is 0 Å². The van der Waals surface area contributed by atoms with Crippen LogP contribution in [0.3, 0.4) is 0 Å². The molecule has 0 fully saturated rings. The van der Waals surface area contributed by atoms with Crippen LogP contribution in [0.5, 0.6) is 0 Å². The molecule has 0 spiro atoms. The van der Waals surface area contributed by atoms with Crippen LogP contribution in [0.25, 0.3) is 16.6 Å². The summed E-state index contributed by atoms with van der Waals surface area (Å²) in [6.45, 7) is 1.50. The number of hydrogen-bond acceptors (Lipinski definition) is 5. The Balaban J connectivity index is 2.00. The molecule has 0 saturated heterocycles. The predicted octanol–water partition coefficient (Wildman–Crippen LogP) is 1.66. The zero-order valence-electron chi connectivity index (χ0n) is 14.8. The highest BCUT2D eigenvalue weighted by Gasteiger charge is 2.14. The van der Waals surface area contributed by atoms with Crippen molar-refractivity contribution in [3.8, 4) is 5.69 Å². The lowest BCUT2D eigenvalue weighted by Gasteiger charge is -2.14. The summed E-state index contributed by atoms with van der Waals surface area (Å²) in [4.78, 5) is 40.1. The third kappa shape index (κ3) is 4.20.